The van der Waals surface area contributed by atoms with Gasteiger partial charge in [-0.25, -0.2) is 0 Å². The van der Waals surface area contributed by atoms with Gasteiger partial charge in [0, 0.05) is 22.9 Å². The average molecular weight is 822 g/mol. The fraction of sp³-hybridized carbons (Fsp3) is 0.510. The monoisotopic (exact) mass is 821 g/mol. The third kappa shape index (κ3) is 11.5. The molecule has 7 nitrogen and oxygen atoms in total. The number of rotatable bonds is 21. The fourth-order valence-corrected chi connectivity index (χ4v) is 10.5. The van der Waals surface area contributed by atoms with Gasteiger partial charge in [0.05, 0.1) is 21.4 Å². The number of carbonyl (C=O) groups is 2. The molecule has 2 N–H and O–H groups in total. The van der Waals surface area contributed by atoms with Gasteiger partial charge in [-0.3, -0.25) is 14.5 Å². The highest BCUT2D eigenvalue weighted by Gasteiger charge is 2.36. The maximum Gasteiger partial charge on any atom is 0.260 e. The van der Waals surface area contributed by atoms with Crippen molar-refractivity contribution in [2.24, 2.45) is 0 Å². The number of nitrogens with zero attached hydrogens (tertiary/aromatic N) is 3. The van der Waals surface area contributed by atoms with Crippen LogP contribution in [0.2, 0.25) is 0 Å². The molecule has 312 valence electrons. The summed E-state index contributed by atoms with van der Waals surface area (Å²) in [6.07, 6.45) is 30.4. The molecule has 1 aliphatic carbocycles. The van der Waals surface area contributed by atoms with E-state index in [1.54, 1.807) is 4.90 Å². The number of hydrogen-bond acceptors (Lipinski definition) is 7. The molecule has 0 aromatic heterocycles. The fourth-order valence-electron chi connectivity index (χ4n) is 8.36. The van der Waals surface area contributed by atoms with Gasteiger partial charge in [-0.1, -0.05) is 164 Å². The van der Waals surface area contributed by atoms with Crippen molar-refractivity contribution in [2.75, 3.05) is 37.0 Å². The minimum atomic E-state index is -0.550. The highest BCUT2D eigenvalue weighted by atomic mass is 32.2. The van der Waals surface area contributed by atoms with Crippen LogP contribution >= 0.6 is 23.5 Å². The highest BCUT2D eigenvalue weighted by Crippen LogP contribution is 2.48. The highest BCUT2D eigenvalue weighted by molar-refractivity contribution is 8.04. The molecular weight excluding hydrogens is 755 g/mol. The number of allylic oxidation sites excluding steroid dienone is 7. The van der Waals surface area contributed by atoms with Gasteiger partial charge >= 0.3 is 0 Å². The smallest absolute Gasteiger partial charge is 0.260 e. The Morgan fingerprint density at radius 2 is 0.966 bits per heavy atom. The molecule has 0 spiro atoms. The second-order valence-corrected chi connectivity index (χ2v) is 18.5. The van der Waals surface area contributed by atoms with Crippen molar-refractivity contribution in [3.8, 4) is 0 Å². The summed E-state index contributed by atoms with van der Waals surface area (Å²) in [6, 6.07) is 17.4. The summed E-state index contributed by atoms with van der Waals surface area (Å²) in [5, 5.41) is 8.45. The first-order valence-corrected chi connectivity index (χ1v) is 24.0. The number of fused-ring (bicyclic) bond motifs is 2. The molecule has 2 fully saturated rings. The van der Waals surface area contributed by atoms with E-state index in [1.165, 1.54) is 121 Å². The number of para-hydroxylation sites is 2. The summed E-state index contributed by atoms with van der Waals surface area (Å²) in [6.45, 7) is 6.51. The number of amides is 2. The summed E-state index contributed by atoms with van der Waals surface area (Å²) >= 11 is 3.62. The first-order valence-electron chi connectivity index (χ1n) is 22.3. The number of anilines is 2. The van der Waals surface area contributed by atoms with Crippen molar-refractivity contribution in [1.82, 2.24) is 15.5 Å². The van der Waals surface area contributed by atoms with Gasteiger partial charge in [0.2, 0.25) is 0 Å². The van der Waals surface area contributed by atoms with Crippen LogP contribution in [0.5, 0.6) is 0 Å². The molecule has 3 heterocycles. The first-order chi connectivity index (χ1) is 28.4. The van der Waals surface area contributed by atoms with Crippen LogP contribution in [0.15, 0.2) is 115 Å². The summed E-state index contributed by atoms with van der Waals surface area (Å²) < 4.78 is 0. The third-order valence-corrected chi connectivity index (χ3v) is 13.9. The van der Waals surface area contributed by atoms with Crippen LogP contribution < -0.4 is 20.4 Å². The normalized spacial score (nSPS) is 20.7. The SMILES string of the molecule is CCCCCCCCCCN1/C(=C/C=C2\CC/C(=C\C=C3/Sc4ccccc4N3CCCCCCCCCC)C2=C2C(=O)NC(N(C)C)NC2=O)Sc2ccccc21. The lowest BCUT2D eigenvalue weighted by atomic mass is 9.96. The zero-order valence-electron chi connectivity index (χ0n) is 35.6. The van der Waals surface area contributed by atoms with Crippen molar-refractivity contribution in [3.05, 3.63) is 105 Å². The Balaban J connectivity index is 1.25. The summed E-state index contributed by atoms with van der Waals surface area (Å²) in [5.41, 5.74) is 5.58. The molecular formula is C49H67N5O2S2. The van der Waals surface area contributed by atoms with E-state index in [2.05, 4.69) is 107 Å². The summed E-state index contributed by atoms with van der Waals surface area (Å²) in [7, 11) is 3.70. The molecule has 0 radical (unpaired) electrons. The van der Waals surface area contributed by atoms with Crippen LogP contribution in [-0.4, -0.2) is 50.2 Å². The Morgan fingerprint density at radius 3 is 1.38 bits per heavy atom. The van der Waals surface area contributed by atoms with E-state index < -0.39 is 6.29 Å². The third-order valence-electron chi connectivity index (χ3n) is 11.7. The van der Waals surface area contributed by atoms with E-state index in [0.717, 1.165) is 55.5 Å². The number of hydrogen-bond donors (Lipinski definition) is 2. The lowest BCUT2D eigenvalue weighted by molar-refractivity contribution is -0.130. The Kier molecular flexibility index (Phi) is 17.1. The molecule has 2 aromatic carbocycles. The van der Waals surface area contributed by atoms with Gasteiger partial charge in [-0.05, 0) is 92.9 Å². The van der Waals surface area contributed by atoms with Crippen molar-refractivity contribution < 1.29 is 9.59 Å². The van der Waals surface area contributed by atoms with Crippen LogP contribution in [0.3, 0.4) is 0 Å². The van der Waals surface area contributed by atoms with E-state index in [0.29, 0.717) is 0 Å². The van der Waals surface area contributed by atoms with Crippen LogP contribution in [0.1, 0.15) is 129 Å². The van der Waals surface area contributed by atoms with E-state index >= 15 is 0 Å². The lowest BCUT2D eigenvalue weighted by Crippen LogP contribution is -2.61. The maximum absolute atomic E-state index is 13.8. The molecule has 6 rings (SSSR count). The minimum absolute atomic E-state index is 0.209. The second kappa shape index (κ2) is 22.6. The van der Waals surface area contributed by atoms with Crippen LogP contribution in [-0.2, 0) is 9.59 Å². The standard InChI is InChI=1S/C49H67N5O2S2/c1-5-7-9-11-13-15-17-23-35-53-39-25-19-21-27-41(39)57-43(53)33-31-37-29-30-38(45(37)46-47(55)50-49(52(3)4)51-48(46)56)32-34-44-54(40-26-20-22-28-42(40)58-44)36-24-18-16-14-12-10-8-6-2/h19-22,25-28,31-34,49H,5-18,23-24,29-30,35-36H2,1-4H3,(H,50,55)(H,51,56)/b37-31+,38-32+,43-33-,44-34-. The van der Waals surface area contributed by atoms with E-state index in [1.807, 2.05) is 37.6 Å². The largest absolute Gasteiger partial charge is 0.335 e. The summed E-state index contributed by atoms with van der Waals surface area (Å²) in [4.78, 5) is 37.0. The van der Waals surface area contributed by atoms with Gasteiger partial charge < -0.3 is 20.4 Å². The topological polar surface area (TPSA) is 67.9 Å². The molecule has 1 saturated heterocycles. The molecule has 4 aliphatic rings. The first kappa shape index (κ1) is 43.9. The number of carbonyl (C=O) groups excluding carboxylic acids is 2. The molecule has 0 bridgehead atoms. The number of thioether (sulfide) groups is 2. The quantitative estimate of drug-likeness (QED) is 0.0738. The molecule has 2 amide bonds. The predicted molar refractivity (Wildman–Crippen MR) is 247 cm³/mol. The van der Waals surface area contributed by atoms with Crippen molar-refractivity contribution >= 4 is 46.7 Å². The molecule has 2 aromatic rings. The number of unbranched alkanes of at least 4 members (excludes halogenated alkanes) is 14. The van der Waals surface area contributed by atoms with Gasteiger partial charge in [0.25, 0.3) is 11.8 Å². The van der Waals surface area contributed by atoms with Crippen molar-refractivity contribution in [1.29, 1.82) is 0 Å². The molecule has 9 heteroatoms. The number of nitrogens with one attached hydrogen (secondary N) is 2. The van der Waals surface area contributed by atoms with Crippen LogP contribution in [0.25, 0.3) is 0 Å². The molecule has 3 aliphatic heterocycles. The van der Waals surface area contributed by atoms with E-state index in [4.69, 9.17) is 0 Å². The maximum atomic E-state index is 13.8. The van der Waals surface area contributed by atoms with E-state index in [9.17, 15) is 9.59 Å². The molecule has 0 atom stereocenters. The molecule has 0 unspecified atom stereocenters. The van der Waals surface area contributed by atoms with Gasteiger partial charge in [0.15, 0.2) is 6.29 Å². The Hall–Kier alpha value is -3.66. The Labute approximate surface area is 357 Å². The van der Waals surface area contributed by atoms with Gasteiger partial charge in [0.1, 0.15) is 5.57 Å². The average Bonchev–Trinajstić information content (AvgIpc) is 3.90. The minimum Gasteiger partial charge on any atom is -0.335 e. The zero-order chi connectivity index (χ0) is 40.7. The predicted octanol–water partition coefficient (Wildman–Crippen LogP) is 12.2. The zero-order valence-corrected chi connectivity index (χ0v) is 37.3. The second-order valence-electron chi connectivity index (χ2n) is 16.3. The Bertz CT molecular complexity index is 1750. The summed E-state index contributed by atoms with van der Waals surface area (Å²) in [5.74, 6) is -0.649. The van der Waals surface area contributed by atoms with Gasteiger partial charge in [-0.15, -0.1) is 0 Å². The Morgan fingerprint density at radius 1 is 0.569 bits per heavy atom. The van der Waals surface area contributed by atoms with Crippen LogP contribution in [0, 0.1) is 0 Å². The van der Waals surface area contributed by atoms with Gasteiger partial charge in [-0.2, -0.15) is 0 Å². The molecule has 58 heavy (non-hydrogen) atoms. The number of benzene rings is 2. The van der Waals surface area contributed by atoms with Crippen molar-refractivity contribution in [3.63, 3.8) is 0 Å². The lowest BCUT2D eigenvalue weighted by Gasteiger charge is -2.31. The van der Waals surface area contributed by atoms with Crippen molar-refractivity contribution in [2.45, 2.75) is 146 Å². The van der Waals surface area contributed by atoms with E-state index in [-0.39, 0.29) is 17.4 Å². The molecule has 1 saturated carbocycles. The van der Waals surface area contributed by atoms with Crippen LogP contribution in [0.4, 0.5) is 11.4 Å².